The Morgan fingerprint density at radius 3 is 2.66 bits per heavy atom. The Kier molecular flexibility index (Phi) is 6.67. The Morgan fingerprint density at radius 1 is 1.03 bits per heavy atom. The molecule has 35 heavy (non-hydrogen) atoms. The first-order valence-electron chi connectivity index (χ1n) is 11.2. The van der Waals surface area contributed by atoms with E-state index in [1.165, 1.54) is 11.3 Å². The van der Waals surface area contributed by atoms with Crippen LogP contribution in [-0.2, 0) is 6.61 Å². The summed E-state index contributed by atoms with van der Waals surface area (Å²) in [6.45, 7) is 2.72. The molecule has 0 atom stereocenters. The van der Waals surface area contributed by atoms with E-state index in [-0.39, 0.29) is 0 Å². The number of para-hydroxylation sites is 1. The van der Waals surface area contributed by atoms with Gasteiger partial charge in [-0.15, -0.1) is 11.3 Å². The zero-order valence-corrected chi connectivity index (χ0v) is 20.6. The molecule has 172 valence electrons. The number of thiazole rings is 1. The third-order valence-electron chi connectivity index (χ3n) is 5.54. The van der Waals surface area contributed by atoms with Crippen LogP contribution in [0.15, 0.2) is 78.9 Å². The maximum Gasteiger partial charge on any atom is 0.180 e. The van der Waals surface area contributed by atoms with Crippen LogP contribution in [0, 0.1) is 11.3 Å². The van der Waals surface area contributed by atoms with Crippen molar-refractivity contribution >= 4 is 55.6 Å². The van der Waals surface area contributed by atoms with Gasteiger partial charge in [0.25, 0.3) is 0 Å². The van der Waals surface area contributed by atoms with Gasteiger partial charge in [-0.2, -0.15) is 5.26 Å². The van der Waals surface area contributed by atoms with Gasteiger partial charge in [0.1, 0.15) is 17.7 Å². The summed E-state index contributed by atoms with van der Waals surface area (Å²) in [5.74, 6) is 1.02. The molecule has 4 nitrogen and oxygen atoms in total. The van der Waals surface area contributed by atoms with E-state index in [2.05, 4.69) is 29.3 Å². The summed E-state index contributed by atoms with van der Waals surface area (Å²) in [4.78, 5) is 4.61. The molecule has 0 bridgehead atoms. The lowest BCUT2D eigenvalue weighted by atomic mass is 10.1. The van der Waals surface area contributed by atoms with E-state index in [1.54, 1.807) is 12.1 Å². The fraction of sp³-hybridized carbons (Fsp3) is 0.103. The normalized spacial score (nSPS) is 11.5. The summed E-state index contributed by atoms with van der Waals surface area (Å²) in [5, 5.41) is 13.2. The van der Waals surface area contributed by atoms with Gasteiger partial charge >= 0.3 is 0 Å². The minimum Gasteiger partial charge on any atom is -0.490 e. The number of halogens is 1. The molecule has 1 heterocycles. The van der Waals surface area contributed by atoms with Crippen LogP contribution in [0.1, 0.15) is 23.1 Å². The van der Waals surface area contributed by atoms with Gasteiger partial charge in [0.15, 0.2) is 11.5 Å². The van der Waals surface area contributed by atoms with Gasteiger partial charge in [0.2, 0.25) is 0 Å². The van der Waals surface area contributed by atoms with Gasteiger partial charge in [0, 0.05) is 0 Å². The third kappa shape index (κ3) is 4.85. The van der Waals surface area contributed by atoms with E-state index >= 15 is 0 Å². The van der Waals surface area contributed by atoms with Crippen LogP contribution < -0.4 is 9.47 Å². The fourth-order valence-corrected chi connectivity index (χ4v) is 5.14. The minimum atomic E-state index is 0.353. The van der Waals surface area contributed by atoms with Gasteiger partial charge < -0.3 is 9.47 Å². The highest BCUT2D eigenvalue weighted by Crippen LogP contribution is 2.39. The Morgan fingerprint density at radius 2 is 1.83 bits per heavy atom. The van der Waals surface area contributed by atoms with E-state index in [0.717, 1.165) is 32.1 Å². The summed E-state index contributed by atoms with van der Waals surface area (Å²) in [6, 6.07) is 28.1. The zero-order chi connectivity index (χ0) is 24.2. The topological polar surface area (TPSA) is 55.1 Å². The molecule has 0 saturated heterocycles. The Balaban J connectivity index is 1.47. The SMILES string of the molecule is CCOc1cc(C=C(C#N)c2nc3ccccc3s2)cc(Cl)c1OCc1cccc2ccccc12. The molecule has 0 unspecified atom stereocenters. The maximum absolute atomic E-state index is 9.82. The Hall–Kier alpha value is -3.85. The van der Waals surface area contributed by atoms with Crippen LogP contribution in [0.5, 0.6) is 11.5 Å². The quantitative estimate of drug-likeness (QED) is 0.213. The standard InChI is InChI=1S/C29H21ClN2O2S/c1-2-33-26-16-19(14-22(17-31)29-32-25-12-5-6-13-27(25)35-29)15-24(30)28(26)34-18-21-10-7-9-20-8-3-4-11-23(20)21/h3-16H,2,18H2,1H3. The van der Waals surface area contributed by atoms with E-state index in [9.17, 15) is 5.26 Å². The molecule has 0 fully saturated rings. The predicted molar refractivity (Wildman–Crippen MR) is 144 cm³/mol. The summed E-state index contributed by atoms with van der Waals surface area (Å²) in [6.07, 6.45) is 1.78. The number of aromatic nitrogens is 1. The molecule has 0 aliphatic heterocycles. The molecule has 0 aliphatic carbocycles. The van der Waals surface area contributed by atoms with E-state index in [4.69, 9.17) is 21.1 Å². The molecule has 0 radical (unpaired) electrons. The largest absolute Gasteiger partial charge is 0.490 e. The molecule has 6 heteroatoms. The number of nitriles is 1. The van der Waals surface area contributed by atoms with Crippen LogP contribution in [0.2, 0.25) is 5.02 Å². The maximum atomic E-state index is 9.82. The van der Waals surface area contributed by atoms with E-state index in [1.807, 2.05) is 61.5 Å². The highest BCUT2D eigenvalue weighted by molar-refractivity contribution is 7.19. The van der Waals surface area contributed by atoms with E-state index < -0.39 is 0 Å². The number of benzene rings is 4. The number of allylic oxidation sites excluding steroid dienone is 1. The second-order valence-corrected chi connectivity index (χ2v) is 9.28. The van der Waals surface area contributed by atoms with Gasteiger partial charge in [0.05, 0.1) is 27.4 Å². The lowest BCUT2D eigenvalue weighted by Crippen LogP contribution is -2.01. The molecular weight excluding hydrogens is 476 g/mol. The average molecular weight is 497 g/mol. The van der Waals surface area contributed by atoms with Crippen LogP contribution in [0.25, 0.3) is 32.6 Å². The number of nitrogens with zero attached hydrogens (tertiary/aromatic N) is 2. The van der Waals surface area contributed by atoms with Crippen molar-refractivity contribution in [1.29, 1.82) is 5.26 Å². The predicted octanol–water partition coefficient (Wildman–Crippen LogP) is 8.14. The Labute approximate surface area is 212 Å². The van der Waals surface area contributed by atoms with Crippen LogP contribution in [-0.4, -0.2) is 11.6 Å². The number of fused-ring (bicyclic) bond motifs is 2. The van der Waals surface area contributed by atoms with Crippen molar-refractivity contribution in [2.24, 2.45) is 0 Å². The van der Waals surface area contributed by atoms with Crippen molar-refractivity contribution in [3.05, 3.63) is 100 Å². The average Bonchev–Trinajstić information content (AvgIpc) is 3.31. The summed E-state index contributed by atoms with van der Waals surface area (Å²) < 4.78 is 13.1. The van der Waals surface area contributed by atoms with Crippen LogP contribution in [0.3, 0.4) is 0 Å². The highest BCUT2D eigenvalue weighted by Gasteiger charge is 2.15. The van der Waals surface area contributed by atoms with Crippen molar-refractivity contribution in [2.45, 2.75) is 13.5 Å². The molecule has 0 aliphatic rings. The molecule has 4 aromatic carbocycles. The van der Waals surface area contributed by atoms with Crippen molar-refractivity contribution < 1.29 is 9.47 Å². The summed E-state index contributed by atoms with van der Waals surface area (Å²) in [5.41, 5.74) is 3.15. The van der Waals surface area contributed by atoms with Gasteiger partial charge in [-0.05, 0) is 59.2 Å². The number of ether oxygens (including phenoxy) is 2. The first-order chi connectivity index (χ1) is 17.2. The number of hydrogen-bond donors (Lipinski definition) is 0. The smallest absolute Gasteiger partial charge is 0.180 e. The third-order valence-corrected chi connectivity index (χ3v) is 6.89. The summed E-state index contributed by atoms with van der Waals surface area (Å²) in [7, 11) is 0. The van der Waals surface area contributed by atoms with Gasteiger partial charge in [-0.1, -0.05) is 66.2 Å². The molecule has 5 rings (SSSR count). The second kappa shape index (κ2) is 10.2. The molecule has 0 amide bonds. The monoisotopic (exact) mass is 496 g/mol. The zero-order valence-electron chi connectivity index (χ0n) is 19.0. The van der Waals surface area contributed by atoms with E-state index in [0.29, 0.717) is 40.3 Å². The Bertz CT molecular complexity index is 1560. The highest BCUT2D eigenvalue weighted by atomic mass is 35.5. The molecule has 0 N–H and O–H groups in total. The number of hydrogen-bond acceptors (Lipinski definition) is 5. The van der Waals surface area contributed by atoms with Crippen LogP contribution >= 0.6 is 22.9 Å². The van der Waals surface area contributed by atoms with Gasteiger partial charge in [-0.25, -0.2) is 4.98 Å². The number of rotatable bonds is 7. The van der Waals surface area contributed by atoms with Crippen molar-refractivity contribution in [1.82, 2.24) is 4.98 Å². The summed E-state index contributed by atoms with van der Waals surface area (Å²) >= 11 is 8.15. The van der Waals surface area contributed by atoms with Crippen molar-refractivity contribution in [2.75, 3.05) is 6.61 Å². The molecule has 0 spiro atoms. The molecule has 1 aromatic heterocycles. The second-order valence-electron chi connectivity index (χ2n) is 7.85. The first-order valence-corrected chi connectivity index (χ1v) is 12.4. The molecule has 5 aromatic rings. The first kappa shape index (κ1) is 22.9. The lowest BCUT2D eigenvalue weighted by molar-refractivity contribution is 0.270. The minimum absolute atomic E-state index is 0.353. The van der Waals surface area contributed by atoms with Gasteiger partial charge in [-0.3, -0.25) is 0 Å². The van der Waals surface area contributed by atoms with Crippen molar-refractivity contribution in [3.8, 4) is 17.6 Å². The molecular formula is C29H21ClN2O2S. The molecule has 0 saturated carbocycles. The fourth-order valence-electron chi connectivity index (χ4n) is 3.94. The lowest BCUT2D eigenvalue weighted by Gasteiger charge is -2.15. The van der Waals surface area contributed by atoms with Crippen molar-refractivity contribution in [3.63, 3.8) is 0 Å². The van der Waals surface area contributed by atoms with Crippen LogP contribution in [0.4, 0.5) is 0 Å².